The number of aromatic nitrogens is 1. The molecule has 1 aromatic rings. The predicted molar refractivity (Wildman–Crippen MR) is 132 cm³/mol. The van der Waals surface area contributed by atoms with Crippen LogP contribution in [0.25, 0.3) is 0 Å². The summed E-state index contributed by atoms with van der Waals surface area (Å²) < 4.78 is 0. The monoisotopic (exact) mass is 498 g/mol. The number of likely N-dealkylation sites (N-methyl/N-ethyl adjacent to an activating group) is 1. The fourth-order valence-corrected chi connectivity index (χ4v) is 6.58. The minimum atomic E-state index is -1.59. The summed E-state index contributed by atoms with van der Waals surface area (Å²) in [4.78, 5) is 51.1. The number of hydrogen-bond acceptors (Lipinski definition) is 7. The molecule has 4 rings (SSSR count). The Hall–Kier alpha value is -3.11. The number of aliphatic imine (C=N–C) groups is 1. The second-order valence-corrected chi connectivity index (χ2v) is 10.2. The quantitative estimate of drug-likeness (QED) is 0.468. The van der Waals surface area contributed by atoms with E-state index in [4.69, 9.17) is 0 Å². The largest absolute Gasteiger partial charge is 0.481 e. The first-order chi connectivity index (χ1) is 17.2. The third kappa shape index (κ3) is 4.22. The zero-order valence-electron chi connectivity index (χ0n) is 20.7. The smallest absolute Gasteiger partial charge is 0.320 e. The lowest BCUT2D eigenvalue weighted by Gasteiger charge is -2.62. The number of carboxylic acid groups (broad SMARTS) is 3. The summed E-state index contributed by atoms with van der Waals surface area (Å²) in [6, 6.07) is 2.75. The Morgan fingerprint density at radius 3 is 2.31 bits per heavy atom. The van der Waals surface area contributed by atoms with E-state index in [1.807, 2.05) is 17.9 Å². The van der Waals surface area contributed by atoms with Crippen molar-refractivity contribution in [3.05, 3.63) is 41.9 Å². The van der Waals surface area contributed by atoms with Gasteiger partial charge in [-0.25, -0.2) is 0 Å². The number of rotatable bonds is 9. The topological polar surface area (TPSA) is 144 Å². The molecule has 0 spiro atoms. The Morgan fingerprint density at radius 1 is 1.08 bits per heavy atom. The number of piperidine rings is 2. The van der Waals surface area contributed by atoms with E-state index in [2.05, 4.69) is 9.98 Å². The minimum absolute atomic E-state index is 0.0746. The van der Waals surface area contributed by atoms with Crippen LogP contribution in [0.2, 0.25) is 0 Å². The highest BCUT2D eigenvalue weighted by molar-refractivity contribution is 5.84. The van der Waals surface area contributed by atoms with Crippen molar-refractivity contribution in [2.24, 2.45) is 15.8 Å². The molecule has 0 amide bonds. The van der Waals surface area contributed by atoms with Crippen LogP contribution in [0.3, 0.4) is 0 Å². The fourth-order valence-electron chi connectivity index (χ4n) is 6.58. The second-order valence-electron chi connectivity index (χ2n) is 10.2. The molecule has 4 heterocycles. The molecule has 10 nitrogen and oxygen atoms in total. The highest BCUT2D eigenvalue weighted by Crippen LogP contribution is 2.59. The average molecular weight is 499 g/mol. The van der Waals surface area contributed by atoms with Gasteiger partial charge in [-0.05, 0) is 44.9 Å². The molecule has 5 atom stereocenters. The third-order valence-corrected chi connectivity index (χ3v) is 8.01. The molecule has 3 N–H and O–H groups in total. The SMILES string of the molecule is CCCCC(C(=O)O)N1CC2(C(=O)O)CC(C(=O)O)(C1)C(c1ccccn1)N(C)C2C1=CCCC=N1. The Labute approximate surface area is 210 Å². The number of carbonyl (C=O) groups is 3. The number of allylic oxidation sites excluding steroid dienone is 1. The molecular weight excluding hydrogens is 464 g/mol. The van der Waals surface area contributed by atoms with E-state index in [-0.39, 0.29) is 19.5 Å². The maximum atomic E-state index is 13.2. The Morgan fingerprint density at radius 2 is 1.78 bits per heavy atom. The predicted octanol–water partition coefficient (Wildman–Crippen LogP) is 2.68. The van der Waals surface area contributed by atoms with Gasteiger partial charge in [-0.2, -0.15) is 0 Å². The standard InChI is InChI=1S/C26H34N4O6/c1-3-4-11-19(22(31)32)30-15-25(23(33)34)14-26(16-30,24(35)36)21(18-10-6-8-13-28-18)29(2)20(25)17-9-5-7-12-27-17/h5,7,9-10,12-13,19-21H,3-4,6,8,11,14-16H2,1-2H3,(H,31,32)(H,33,34)(H,35,36). The summed E-state index contributed by atoms with van der Waals surface area (Å²) in [5.41, 5.74) is -2.07. The van der Waals surface area contributed by atoms with Crippen LogP contribution < -0.4 is 0 Å². The molecule has 0 radical (unpaired) electrons. The first-order valence-corrected chi connectivity index (χ1v) is 12.5. The maximum absolute atomic E-state index is 13.2. The van der Waals surface area contributed by atoms with Crippen LogP contribution in [0.15, 0.2) is 41.2 Å². The van der Waals surface area contributed by atoms with Crippen molar-refractivity contribution in [2.45, 2.75) is 63.6 Å². The van der Waals surface area contributed by atoms with Crippen LogP contribution in [-0.4, -0.2) is 86.4 Å². The van der Waals surface area contributed by atoms with Gasteiger partial charge in [0.15, 0.2) is 0 Å². The lowest BCUT2D eigenvalue weighted by Crippen LogP contribution is -2.73. The highest BCUT2D eigenvalue weighted by Gasteiger charge is 2.69. The van der Waals surface area contributed by atoms with E-state index < -0.39 is 46.9 Å². The summed E-state index contributed by atoms with van der Waals surface area (Å²) in [6.45, 7) is 1.80. The van der Waals surface area contributed by atoms with Gasteiger partial charge in [0.1, 0.15) is 16.9 Å². The number of fused-ring (bicyclic) bond motifs is 2. The lowest BCUT2D eigenvalue weighted by molar-refractivity contribution is -0.203. The Kier molecular flexibility index (Phi) is 7.28. The van der Waals surface area contributed by atoms with Gasteiger partial charge in [-0.1, -0.05) is 31.9 Å². The van der Waals surface area contributed by atoms with Gasteiger partial charge in [-0.3, -0.25) is 34.2 Å². The van der Waals surface area contributed by atoms with Crippen molar-refractivity contribution in [2.75, 3.05) is 20.1 Å². The zero-order chi connectivity index (χ0) is 26.1. The van der Waals surface area contributed by atoms with Crippen molar-refractivity contribution < 1.29 is 29.7 Å². The van der Waals surface area contributed by atoms with E-state index in [1.165, 1.54) is 0 Å². The summed E-state index contributed by atoms with van der Waals surface area (Å²) in [5, 5.41) is 31.6. The van der Waals surface area contributed by atoms with Crippen LogP contribution in [0, 0.1) is 10.8 Å². The van der Waals surface area contributed by atoms with Gasteiger partial charge < -0.3 is 15.3 Å². The van der Waals surface area contributed by atoms with Gasteiger partial charge in [-0.15, -0.1) is 0 Å². The molecule has 10 heteroatoms. The molecule has 2 bridgehead atoms. The molecule has 2 saturated heterocycles. The van der Waals surface area contributed by atoms with E-state index in [0.29, 0.717) is 30.7 Å². The molecule has 0 saturated carbocycles. The van der Waals surface area contributed by atoms with Gasteiger partial charge in [0.05, 0.1) is 23.5 Å². The first kappa shape index (κ1) is 26.0. The molecule has 0 aliphatic carbocycles. The van der Waals surface area contributed by atoms with E-state index in [1.54, 1.807) is 42.6 Å². The molecule has 3 aliphatic rings. The van der Waals surface area contributed by atoms with Crippen molar-refractivity contribution in [1.29, 1.82) is 0 Å². The lowest BCUT2D eigenvalue weighted by atomic mass is 9.55. The van der Waals surface area contributed by atoms with Crippen molar-refractivity contribution in [3.8, 4) is 0 Å². The molecule has 5 unspecified atom stereocenters. The maximum Gasteiger partial charge on any atom is 0.320 e. The number of pyridine rings is 1. The van der Waals surface area contributed by atoms with E-state index in [9.17, 15) is 29.7 Å². The molecular formula is C26H34N4O6. The van der Waals surface area contributed by atoms with Crippen LogP contribution in [0.5, 0.6) is 0 Å². The Balaban J connectivity index is 1.95. The summed E-state index contributed by atoms with van der Waals surface area (Å²) in [5.74, 6) is -3.37. The van der Waals surface area contributed by atoms with Crippen molar-refractivity contribution >= 4 is 24.1 Å². The van der Waals surface area contributed by atoms with E-state index >= 15 is 0 Å². The molecule has 194 valence electrons. The van der Waals surface area contributed by atoms with Gasteiger partial charge in [0.25, 0.3) is 0 Å². The number of aliphatic carboxylic acids is 3. The van der Waals surface area contributed by atoms with Crippen molar-refractivity contribution in [1.82, 2.24) is 14.8 Å². The average Bonchev–Trinajstić information content (AvgIpc) is 2.85. The number of hydrogen-bond donors (Lipinski definition) is 3. The van der Waals surface area contributed by atoms with Gasteiger partial charge in [0, 0.05) is 25.5 Å². The molecule has 3 aliphatic heterocycles. The third-order valence-electron chi connectivity index (χ3n) is 8.01. The molecule has 0 aromatic carbocycles. The number of carboxylic acids is 3. The van der Waals surface area contributed by atoms with E-state index in [0.717, 1.165) is 12.8 Å². The van der Waals surface area contributed by atoms with Crippen molar-refractivity contribution in [3.63, 3.8) is 0 Å². The van der Waals surface area contributed by atoms with Crippen LogP contribution in [-0.2, 0) is 14.4 Å². The molecule has 36 heavy (non-hydrogen) atoms. The number of likely N-dealkylation sites (tertiary alicyclic amines) is 2. The molecule has 2 fully saturated rings. The van der Waals surface area contributed by atoms with Gasteiger partial charge >= 0.3 is 17.9 Å². The fraction of sp³-hybridized carbons (Fsp3) is 0.577. The van der Waals surface area contributed by atoms with Crippen LogP contribution in [0.1, 0.15) is 57.2 Å². The van der Waals surface area contributed by atoms with Gasteiger partial charge in [0.2, 0.25) is 0 Å². The minimum Gasteiger partial charge on any atom is -0.481 e. The van der Waals surface area contributed by atoms with Crippen LogP contribution in [0.4, 0.5) is 0 Å². The summed E-state index contributed by atoms with van der Waals surface area (Å²) in [7, 11) is 1.74. The summed E-state index contributed by atoms with van der Waals surface area (Å²) >= 11 is 0. The Bertz CT molecular complexity index is 1080. The normalized spacial score (nSPS) is 31.4. The molecule has 1 aromatic heterocycles. The first-order valence-electron chi connectivity index (χ1n) is 12.5. The second kappa shape index (κ2) is 10.1. The number of unbranched alkanes of at least 4 members (excludes halogenated alkanes) is 1. The highest BCUT2D eigenvalue weighted by atomic mass is 16.4. The zero-order valence-corrected chi connectivity index (χ0v) is 20.7. The summed E-state index contributed by atoms with van der Waals surface area (Å²) in [6.07, 6.45) is 8.28. The van der Waals surface area contributed by atoms with Crippen LogP contribution >= 0.6 is 0 Å². The number of nitrogens with zero attached hydrogens (tertiary/aromatic N) is 4.